The molecule has 0 atom stereocenters. The van der Waals surface area contributed by atoms with Gasteiger partial charge in [0.1, 0.15) is 11.6 Å². The molecule has 7 heteroatoms. The van der Waals surface area contributed by atoms with Crippen molar-refractivity contribution in [1.29, 1.82) is 0 Å². The Hall–Kier alpha value is -3.22. The van der Waals surface area contributed by atoms with Crippen molar-refractivity contribution >= 4 is 11.6 Å². The van der Waals surface area contributed by atoms with E-state index in [4.69, 9.17) is 4.74 Å². The van der Waals surface area contributed by atoms with Crippen molar-refractivity contribution in [2.24, 2.45) is 0 Å². The van der Waals surface area contributed by atoms with Crippen molar-refractivity contribution in [2.45, 2.75) is 20.4 Å². The minimum absolute atomic E-state index is 0.0731. The highest BCUT2D eigenvalue weighted by Crippen LogP contribution is 2.23. The molecule has 2 aromatic carbocycles. The number of aromatic nitrogens is 2. The second kappa shape index (κ2) is 7.57. The third-order valence-corrected chi connectivity index (χ3v) is 4.18. The van der Waals surface area contributed by atoms with Crippen LogP contribution >= 0.6 is 0 Å². The van der Waals surface area contributed by atoms with Crippen molar-refractivity contribution in [3.63, 3.8) is 0 Å². The maximum atomic E-state index is 13.7. The van der Waals surface area contributed by atoms with Crippen LogP contribution in [0.5, 0.6) is 5.75 Å². The summed E-state index contributed by atoms with van der Waals surface area (Å²) in [6, 6.07) is 9.20. The van der Waals surface area contributed by atoms with Crippen LogP contribution in [0.2, 0.25) is 0 Å². The van der Waals surface area contributed by atoms with Crippen molar-refractivity contribution in [1.82, 2.24) is 9.55 Å². The van der Waals surface area contributed by atoms with Crippen molar-refractivity contribution < 1.29 is 13.5 Å². The molecule has 0 radical (unpaired) electrons. The van der Waals surface area contributed by atoms with E-state index in [2.05, 4.69) is 10.3 Å². The van der Waals surface area contributed by atoms with Crippen LogP contribution in [0.4, 0.5) is 20.4 Å². The van der Waals surface area contributed by atoms with Crippen LogP contribution in [0.1, 0.15) is 16.7 Å². The molecule has 0 aliphatic heterocycles. The Morgan fingerprint density at radius 2 is 1.93 bits per heavy atom. The molecule has 0 amide bonds. The first-order valence-corrected chi connectivity index (χ1v) is 8.31. The number of nitrogens with one attached hydrogen (secondary N) is 1. The monoisotopic (exact) mass is 371 g/mol. The summed E-state index contributed by atoms with van der Waals surface area (Å²) in [6.45, 7) is 3.67. The van der Waals surface area contributed by atoms with Gasteiger partial charge in [0.05, 0.1) is 19.9 Å². The molecule has 140 valence electrons. The Kier molecular flexibility index (Phi) is 5.21. The average molecular weight is 371 g/mol. The molecule has 0 aliphatic carbocycles. The molecule has 0 aliphatic rings. The zero-order valence-corrected chi connectivity index (χ0v) is 15.2. The Labute approximate surface area is 155 Å². The molecule has 3 aromatic rings. The molecule has 27 heavy (non-hydrogen) atoms. The van der Waals surface area contributed by atoms with Gasteiger partial charge in [-0.2, -0.15) is 4.98 Å². The first kappa shape index (κ1) is 18.6. The molecule has 0 saturated heterocycles. The molecule has 0 fully saturated rings. The number of aryl methyl sites for hydroxylation is 2. The van der Waals surface area contributed by atoms with Gasteiger partial charge in [-0.1, -0.05) is 12.1 Å². The molecule has 1 heterocycles. The number of rotatable bonds is 5. The quantitative estimate of drug-likeness (QED) is 0.738. The van der Waals surface area contributed by atoms with E-state index in [-0.39, 0.29) is 29.9 Å². The molecule has 3 rings (SSSR count). The van der Waals surface area contributed by atoms with E-state index in [0.29, 0.717) is 22.4 Å². The third-order valence-electron chi connectivity index (χ3n) is 4.18. The first-order chi connectivity index (χ1) is 12.9. The van der Waals surface area contributed by atoms with Gasteiger partial charge in [-0.3, -0.25) is 4.79 Å². The molecule has 1 N–H and O–H groups in total. The molecule has 5 nitrogen and oxygen atoms in total. The molecule has 0 bridgehead atoms. The van der Waals surface area contributed by atoms with E-state index in [1.807, 2.05) is 0 Å². The van der Waals surface area contributed by atoms with E-state index < -0.39 is 5.56 Å². The standard InChI is InChI=1S/C20H19F2N3O2/c1-12-8-17(13(2)7-16(12)22)23-20-24-19(26)18(27-3)11-25(20)10-14-5-4-6-15(21)9-14/h4-9,11H,10H2,1-3H3,(H,23,24,26). The normalized spacial score (nSPS) is 10.7. The zero-order chi connectivity index (χ0) is 19.6. The fourth-order valence-corrected chi connectivity index (χ4v) is 2.70. The van der Waals surface area contributed by atoms with E-state index >= 15 is 0 Å². The highest BCUT2D eigenvalue weighted by molar-refractivity contribution is 5.60. The van der Waals surface area contributed by atoms with E-state index in [1.54, 1.807) is 36.6 Å². The lowest BCUT2D eigenvalue weighted by Gasteiger charge is -2.17. The first-order valence-electron chi connectivity index (χ1n) is 8.31. The molecular weight excluding hydrogens is 352 g/mol. The van der Waals surface area contributed by atoms with Crippen LogP contribution in [-0.4, -0.2) is 16.7 Å². The van der Waals surface area contributed by atoms with Gasteiger partial charge in [0.25, 0.3) is 0 Å². The summed E-state index contributed by atoms with van der Waals surface area (Å²) in [4.78, 5) is 16.2. The van der Waals surface area contributed by atoms with E-state index in [1.165, 1.54) is 31.5 Å². The average Bonchev–Trinajstić information content (AvgIpc) is 2.61. The summed E-state index contributed by atoms with van der Waals surface area (Å²) in [5.74, 6) is -0.339. The van der Waals surface area contributed by atoms with Gasteiger partial charge in [-0.25, -0.2) is 8.78 Å². The second-order valence-electron chi connectivity index (χ2n) is 6.24. The van der Waals surface area contributed by atoms with E-state index in [9.17, 15) is 13.6 Å². The fourth-order valence-electron chi connectivity index (χ4n) is 2.70. The second-order valence-corrected chi connectivity index (χ2v) is 6.24. The van der Waals surface area contributed by atoms with Gasteiger partial charge in [-0.05, 0) is 54.8 Å². The molecule has 0 saturated carbocycles. The van der Waals surface area contributed by atoms with Crippen LogP contribution < -0.4 is 15.6 Å². The lowest BCUT2D eigenvalue weighted by molar-refractivity contribution is 0.402. The van der Waals surface area contributed by atoms with Gasteiger partial charge in [0, 0.05) is 5.69 Å². The number of halogens is 2. The van der Waals surface area contributed by atoms with Gasteiger partial charge in [0.2, 0.25) is 11.7 Å². The highest BCUT2D eigenvalue weighted by Gasteiger charge is 2.12. The number of methoxy groups -OCH3 is 1. The van der Waals surface area contributed by atoms with Crippen LogP contribution in [-0.2, 0) is 6.54 Å². The van der Waals surface area contributed by atoms with Crippen molar-refractivity contribution in [3.8, 4) is 5.75 Å². The third kappa shape index (κ3) is 4.13. The maximum Gasteiger partial charge on any atom is 0.316 e. The highest BCUT2D eigenvalue weighted by atomic mass is 19.1. The lowest BCUT2D eigenvalue weighted by Crippen LogP contribution is -2.19. The number of anilines is 2. The van der Waals surface area contributed by atoms with Crippen molar-refractivity contribution in [3.05, 3.63) is 81.3 Å². The fraction of sp³-hybridized carbons (Fsp3) is 0.200. The summed E-state index contributed by atoms with van der Waals surface area (Å²) in [6.07, 6.45) is 1.51. The SMILES string of the molecule is COc1cn(Cc2cccc(F)c2)c(Nc2cc(C)c(F)cc2C)nc1=O. The summed E-state index contributed by atoms with van der Waals surface area (Å²) in [5.41, 5.74) is 1.92. The Balaban J connectivity index is 2.04. The molecular formula is C20H19F2N3O2. The van der Waals surface area contributed by atoms with Crippen LogP contribution in [0.3, 0.4) is 0 Å². The summed E-state index contributed by atoms with van der Waals surface area (Å²) in [5, 5.41) is 3.07. The zero-order valence-electron chi connectivity index (χ0n) is 15.2. The van der Waals surface area contributed by atoms with Gasteiger partial charge < -0.3 is 14.6 Å². The molecule has 1 aromatic heterocycles. The van der Waals surface area contributed by atoms with Gasteiger partial charge in [0.15, 0.2) is 0 Å². The smallest absolute Gasteiger partial charge is 0.316 e. The summed E-state index contributed by atoms with van der Waals surface area (Å²) < 4.78 is 33.9. The lowest BCUT2D eigenvalue weighted by atomic mass is 10.1. The number of hydrogen-bond acceptors (Lipinski definition) is 4. The number of nitrogens with zero attached hydrogens (tertiary/aromatic N) is 2. The summed E-state index contributed by atoms with van der Waals surface area (Å²) >= 11 is 0. The van der Waals surface area contributed by atoms with Crippen LogP contribution in [0, 0.1) is 25.5 Å². The predicted molar refractivity (Wildman–Crippen MR) is 99.7 cm³/mol. The Bertz CT molecular complexity index is 1050. The van der Waals surface area contributed by atoms with Crippen molar-refractivity contribution in [2.75, 3.05) is 12.4 Å². The predicted octanol–water partition coefficient (Wildman–Crippen LogP) is 3.94. The number of ether oxygens (including phenoxy) is 1. The Morgan fingerprint density at radius 3 is 2.63 bits per heavy atom. The van der Waals surface area contributed by atoms with E-state index in [0.717, 1.165) is 0 Å². The minimum atomic E-state index is -0.535. The summed E-state index contributed by atoms with van der Waals surface area (Å²) in [7, 11) is 1.38. The number of benzene rings is 2. The minimum Gasteiger partial charge on any atom is -0.490 e. The largest absolute Gasteiger partial charge is 0.490 e. The van der Waals surface area contributed by atoms with Gasteiger partial charge >= 0.3 is 5.56 Å². The van der Waals surface area contributed by atoms with Crippen LogP contribution in [0.25, 0.3) is 0 Å². The Morgan fingerprint density at radius 1 is 1.15 bits per heavy atom. The molecule has 0 unspecified atom stereocenters. The topological polar surface area (TPSA) is 56.1 Å². The maximum absolute atomic E-state index is 13.7. The van der Waals surface area contributed by atoms with Gasteiger partial charge in [-0.15, -0.1) is 0 Å². The molecule has 0 spiro atoms. The number of hydrogen-bond donors (Lipinski definition) is 1. The van der Waals surface area contributed by atoms with Crippen LogP contribution in [0.15, 0.2) is 47.4 Å².